The van der Waals surface area contributed by atoms with Crippen molar-refractivity contribution in [1.82, 2.24) is 0 Å². The standard InChI is InChI=1S/C32H36N/c1-22(2)30-20-28(25-13-9-6-10-14-25)21-31(23(30)3)32-29-16-15-26(24-11-7-5-8-12-24)19-27(29)17-18-33(32)4/h6,9-10,13-22,24H,5,7-8,11-12H2,1-4H3/q+1/i17D,18D. The summed E-state index contributed by atoms with van der Waals surface area (Å²) in [5.74, 6) is 0.965. The Hall–Kier alpha value is -2.93. The monoisotopic (exact) mass is 436 g/mol. The Balaban J connectivity index is 1.78. The molecule has 0 spiro atoms. The van der Waals surface area contributed by atoms with Gasteiger partial charge in [-0.3, -0.25) is 0 Å². The maximum Gasteiger partial charge on any atom is 0.220 e. The number of aromatic nitrogens is 1. The van der Waals surface area contributed by atoms with Gasteiger partial charge < -0.3 is 0 Å². The Morgan fingerprint density at radius 1 is 0.909 bits per heavy atom. The van der Waals surface area contributed by atoms with E-state index in [0.717, 1.165) is 22.0 Å². The van der Waals surface area contributed by atoms with Crippen molar-refractivity contribution in [3.63, 3.8) is 0 Å². The van der Waals surface area contributed by atoms with E-state index in [0.29, 0.717) is 17.9 Å². The summed E-state index contributed by atoms with van der Waals surface area (Å²) in [5.41, 5.74) is 8.51. The molecule has 5 rings (SSSR count). The van der Waals surface area contributed by atoms with Gasteiger partial charge in [-0.25, -0.2) is 4.57 Å². The van der Waals surface area contributed by atoms with Gasteiger partial charge in [0.15, 0.2) is 6.17 Å². The van der Waals surface area contributed by atoms with Gasteiger partial charge in [-0.05, 0) is 76.9 Å². The van der Waals surface area contributed by atoms with Gasteiger partial charge in [0.25, 0.3) is 0 Å². The third-order valence-corrected chi connectivity index (χ3v) is 7.50. The van der Waals surface area contributed by atoms with E-state index in [1.54, 1.807) is 0 Å². The van der Waals surface area contributed by atoms with Crippen LogP contribution in [0.1, 0.15) is 77.2 Å². The van der Waals surface area contributed by atoms with E-state index in [2.05, 4.69) is 81.4 Å². The number of rotatable bonds is 4. The molecule has 168 valence electrons. The van der Waals surface area contributed by atoms with Gasteiger partial charge in [-0.1, -0.05) is 81.6 Å². The second-order valence-electron chi connectivity index (χ2n) is 10.0. The van der Waals surface area contributed by atoms with Crippen molar-refractivity contribution < 1.29 is 7.31 Å². The van der Waals surface area contributed by atoms with Crippen LogP contribution >= 0.6 is 0 Å². The zero-order valence-electron chi connectivity index (χ0n) is 22.4. The summed E-state index contributed by atoms with van der Waals surface area (Å²) in [6.07, 6.45) is 6.65. The van der Waals surface area contributed by atoms with Crippen molar-refractivity contribution in [3.05, 3.63) is 89.6 Å². The highest BCUT2D eigenvalue weighted by Gasteiger charge is 2.22. The van der Waals surface area contributed by atoms with Crippen molar-refractivity contribution in [1.29, 1.82) is 0 Å². The van der Waals surface area contributed by atoms with Crippen molar-refractivity contribution in [2.45, 2.75) is 64.7 Å². The van der Waals surface area contributed by atoms with Crippen molar-refractivity contribution in [3.8, 4) is 22.4 Å². The van der Waals surface area contributed by atoms with Gasteiger partial charge in [0.1, 0.15) is 8.42 Å². The average molecular weight is 437 g/mol. The molecule has 1 saturated carbocycles. The van der Waals surface area contributed by atoms with Crippen molar-refractivity contribution in [2.24, 2.45) is 7.05 Å². The molecule has 3 aromatic carbocycles. The second-order valence-corrected chi connectivity index (χ2v) is 10.0. The fourth-order valence-electron chi connectivity index (χ4n) is 5.65. The molecule has 0 N–H and O–H groups in total. The van der Waals surface area contributed by atoms with Crippen LogP contribution < -0.4 is 4.57 Å². The Morgan fingerprint density at radius 2 is 1.67 bits per heavy atom. The number of benzene rings is 3. The number of nitrogens with zero attached hydrogens (tertiary/aromatic N) is 1. The summed E-state index contributed by atoms with van der Waals surface area (Å²) in [6.45, 7) is 6.70. The second kappa shape index (κ2) is 9.14. The molecule has 1 aliphatic rings. The lowest BCUT2D eigenvalue weighted by molar-refractivity contribution is -0.659. The molecule has 1 aliphatic carbocycles. The molecule has 0 amide bonds. The number of fused-ring (bicyclic) bond motifs is 1. The first kappa shape index (κ1) is 19.5. The predicted octanol–water partition coefficient (Wildman–Crippen LogP) is 8.48. The van der Waals surface area contributed by atoms with Crippen LogP contribution in [-0.4, -0.2) is 0 Å². The molecule has 0 saturated heterocycles. The zero-order chi connectivity index (χ0) is 24.7. The SMILES string of the molecule is [2H]c1c([2H])[n+](C)c(-c2cc(-c3ccccc3)cc(C(C)C)c2C)c2ccc(C3CCCCC3)cc12. The molecule has 0 unspecified atom stereocenters. The molecule has 1 fully saturated rings. The minimum absolute atomic E-state index is 0.268. The maximum absolute atomic E-state index is 8.83. The third kappa shape index (κ3) is 4.22. The summed E-state index contributed by atoms with van der Waals surface area (Å²) in [7, 11) is 1.94. The number of hydrogen-bond donors (Lipinski definition) is 0. The maximum atomic E-state index is 8.83. The first-order valence-corrected chi connectivity index (χ1v) is 12.5. The molecule has 1 nitrogen and oxygen atoms in total. The Bertz CT molecular complexity index is 1380. The molecule has 0 aliphatic heterocycles. The highest BCUT2D eigenvalue weighted by Crippen LogP contribution is 2.38. The molecule has 0 atom stereocenters. The molecule has 1 heteroatoms. The Labute approximate surface area is 201 Å². The van der Waals surface area contributed by atoms with Crippen LogP contribution in [0.2, 0.25) is 0 Å². The van der Waals surface area contributed by atoms with Crippen LogP contribution in [-0.2, 0) is 7.05 Å². The fourth-order valence-corrected chi connectivity index (χ4v) is 5.65. The number of hydrogen-bond acceptors (Lipinski definition) is 0. The molecule has 4 aromatic rings. The number of pyridine rings is 1. The zero-order valence-corrected chi connectivity index (χ0v) is 20.4. The highest BCUT2D eigenvalue weighted by atomic mass is 14.9. The predicted molar refractivity (Wildman–Crippen MR) is 141 cm³/mol. The topological polar surface area (TPSA) is 3.88 Å². The van der Waals surface area contributed by atoms with E-state index in [-0.39, 0.29) is 6.17 Å². The van der Waals surface area contributed by atoms with Crippen LogP contribution in [0.3, 0.4) is 0 Å². The molecule has 0 radical (unpaired) electrons. The fraction of sp³-hybridized carbons (Fsp3) is 0.344. The average Bonchev–Trinajstić information content (AvgIpc) is 2.89. The smallest absolute Gasteiger partial charge is 0.200 e. The van der Waals surface area contributed by atoms with E-state index in [1.165, 1.54) is 59.9 Å². The van der Waals surface area contributed by atoms with E-state index < -0.39 is 0 Å². The van der Waals surface area contributed by atoms with E-state index >= 15 is 0 Å². The first-order valence-electron chi connectivity index (χ1n) is 13.5. The Morgan fingerprint density at radius 3 is 2.39 bits per heavy atom. The highest BCUT2D eigenvalue weighted by molar-refractivity contribution is 5.95. The molecule has 0 bridgehead atoms. The minimum atomic E-state index is 0.268. The minimum Gasteiger partial charge on any atom is -0.200 e. The van der Waals surface area contributed by atoms with E-state index in [4.69, 9.17) is 2.74 Å². The van der Waals surface area contributed by atoms with E-state index in [9.17, 15) is 0 Å². The van der Waals surface area contributed by atoms with Gasteiger partial charge in [-0.15, -0.1) is 0 Å². The van der Waals surface area contributed by atoms with Crippen LogP contribution in [0.4, 0.5) is 0 Å². The van der Waals surface area contributed by atoms with Gasteiger partial charge >= 0.3 is 0 Å². The first-order chi connectivity index (χ1) is 16.9. The van der Waals surface area contributed by atoms with Crippen molar-refractivity contribution in [2.75, 3.05) is 0 Å². The van der Waals surface area contributed by atoms with Crippen LogP contribution in [0.15, 0.2) is 72.9 Å². The lowest BCUT2D eigenvalue weighted by atomic mass is 9.83. The summed E-state index contributed by atoms with van der Waals surface area (Å²) in [6, 6.07) is 22.2. The van der Waals surface area contributed by atoms with E-state index in [1.807, 2.05) is 11.6 Å². The van der Waals surface area contributed by atoms with Crippen LogP contribution in [0.25, 0.3) is 33.2 Å². The quantitative estimate of drug-likeness (QED) is 0.282. The lowest BCUT2D eigenvalue weighted by Crippen LogP contribution is -2.31. The molecule has 1 heterocycles. The largest absolute Gasteiger partial charge is 0.220 e. The molecular weight excluding hydrogens is 398 g/mol. The van der Waals surface area contributed by atoms with Gasteiger partial charge in [-0.2, -0.15) is 0 Å². The summed E-state index contributed by atoms with van der Waals surface area (Å²) < 4.78 is 19.6. The molecule has 1 aromatic heterocycles. The molecular formula is C32H36N+. The van der Waals surface area contributed by atoms with Gasteiger partial charge in [0.05, 0.1) is 12.3 Å². The third-order valence-electron chi connectivity index (χ3n) is 7.50. The summed E-state index contributed by atoms with van der Waals surface area (Å²) >= 11 is 0. The Kier molecular flexibility index (Phi) is 5.41. The summed E-state index contributed by atoms with van der Waals surface area (Å²) in [4.78, 5) is 0. The molecule has 33 heavy (non-hydrogen) atoms. The lowest BCUT2D eigenvalue weighted by Gasteiger charge is -2.22. The summed E-state index contributed by atoms with van der Waals surface area (Å²) in [5, 5.41) is 1.97. The normalized spacial score (nSPS) is 15.7. The van der Waals surface area contributed by atoms with Crippen LogP contribution in [0.5, 0.6) is 0 Å². The van der Waals surface area contributed by atoms with Gasteiger partial charge in [0, 0.05) is 6.04 Å². The van der Waals surface area contributed by atoms with Crippen LogP contribution in [0, 0.1) is 6.92 Å². The van der Waals surface area contributed by atoms with Crippen molar-refractivity contribution >= 4 is 10.8 Å². The van der Waals surface area contributed by atoms with Gasteiger partial charge in [0.2, 0.25) is 5.69 Å².